The second kappa shape index (κ2) is 3.80. The van der Waals surface area contributed by atoms with Gasteiger partial charge in [-0.05, 0) is 6.92 Å². The Labute approximate surface area is 86.3 Å². The zero-order chi connectivity index (χ0) is 10.8. The summed E-state index contributed by atoms with van der Waals surface area (Å²) in [5.41, 5.74) is 1.68. The van der Waals surface area contributed by atoms with E-state index in [0.717, 1.165) is 0 Å². The molecule has 0 bridgehead atoms. The molecule has 0 saturated carbocycles. The second-order valence-electron chi connectivity index (χ2n) is 3.47. The maximum absolute atomic E-state index is 11.0. The molecule has 2 aliphatic heterocycles. The lowest BCUT2D eigenvalue weighted by atomic mass is 10.0. The van der Waals surface area contributed by atoms with Crippen molar-refractivity contribution < 1.29 is 14.8 Å². The average Bonchev–Trinajstić information content (AvgIpc) is 2.85. The molecule has 6 nitrogen and oxygen atoms in total. The maximum atomic E-state index is 11.0. The number of hydrogen-bond acceptors (Lipinski definition) is 6. The molecule has 0 amide bonds. The predicted octanol–water partition coefficient (Wildman–Crippen LogP) is 0.395. The molecule has 0 aliphatic carbocycles. The van der Waals surface area contributed by atoms with E-state index in [4.69, 9.17) is 10.0 Å². The normalized spacial score (nSPS) is 27.5. The van der Waals surface area contributed by atoms with Crippen LogP contribution in [0.15, 0.2) is 15.3 Å². The number of carbonyl (C=O) groups excluding carboxylic acids is 1. The largest absolute Gasteiger partial charge is 0.411 e. The van der Waals surface area contributed by atoms with Crippen LogP contribution in [0.5, 0.6) is 0 Å². The first-order valence-corrected chi connectivity index (χ1v) is 4.71. The molecule has 1 atom stereocenters. The van der Waals surface area contributed by atoms with Gasteiger partial charge in [0.1, 0.15) is 17.1 Å². The first kappa shape index (κ1) is 9.82. The Morgan fingerprint density at radius 2 is 2.47 bits per heavy atom. The monoisotopic (exact) mass is 209 g/mol. The van der Waals surface area contributed by atoms with Crippen LogP contribution in [0.3, 0.4) is 0 Å². The Balaban J connectivity index is 2.11. The molecule has 0 spiro atoms. The Bertz CT molecular complexity index is 384. The van der Waals surface area contributed by atoms with Gasteiger partial charge in [-0.15, -0.1) is 0 Å². The summed E-state index contributed by atoms with van der Waals surface area (Å²) < 4.78 is 0. The Morgan fingerprint density at radius 3 is 3.07 bits per heavy atom. The van der Waals surface area contributed by atoms with Crippen molar-refractivity contribution in [3.8, 4) is 0 Å². The summed E-state index contributed by atoms with van der Waals surface area (Å²) in [5.74, 6) is -0.0603. The molecule has 2 heterocycles. The topological polar surface area (TPSA) is 83.6 Å². The molecule has 0 aromatic rings. The summed E-state index contributed by atoms with van der Waals surface area (Å²) in [4.78, 5) is 20.2. The molecule has 0 aromatic heterocycles. The van der Waals surface area contributed by atoms with E-state index in [2.05, 4.69) is 15.3 Å². The molecule has 6 heteroatoms. The summed E-state index contributed by atoms with van der Waals surface area (Å²) in [6, 6.07) is 0. The smallest absolute Gasteiger partial charge is 0.190 e. The van der Waals surface area contributed by atoms with Crippen molar-refractivity contribution >= 4 is 22.9 Å². The van der Waals surface area contributed by atoms with Crippen molar-refractivity contribution in [1.29, 1.82) is 0 Å². The lowest BCUT2D eigenvalue weighted by Gasteiger charge is -2.01. The fourth-order valence-corrected chi connectivity index (χ4v) is 1.57. The van der Waals surface area contributed by atoms with Gasteiger partial charge < -0.3 is 10.0 Å². The third-order valence-electron chi connectivity index (χ3n) is 2.41. The summed E-state index contributed by atoms with van der Waals surface area (Å²) in [7, 11) is 0. The third kappa shape index (κ3) is 1.74. The van der Waals surface area contributed by atoms with Crippen molar-refractivity contribution in [2.75, 3.05) is 6.54 Å². The zero-order valence-electron chi connectivity index (χ0n) is 8.30. The molecule has 1 N–H and O–H groups in total. The lowest BCUT2D eigenvalue weighted by Crippen LogP contribution is -2.23. The molecule has 0 fully saturated rings. The number of aliphatic imine (C=N–C) groups is 1. The maximum Gasteiger partial charge on any atom is 0.190 e. The Morgan fingerprint density at radius 1 is 1.67 bits per heavy atom. The van der Waals surface area contributed by atoms with Crippen molar-refractivity contribution in [3.63, 3.8) is 0 Å². The molecule has 2 aliphatic rings. The van der Waals surface area contributed by atoms with Gasteiger partial charge in [0.05, 0.1) is 0 Å². The molecular weight excluding hydrogens is 198 g/mol. The minimum absolute atomic E-state index is 0.0603. The minimum atomic E-state index is -0.511. The zero-order valence-corrected chi connectivity index (χ0v) is 8.30. The number of oxime groups is 2. The summed E-state index contributed by atoms with van der Waals surface area (Å²) in [6.07, 6.45) is 0.506. The Kier molecular flexibility index (Phi) is 2.49. The molecular formula is C9H11N3O3. The molecule has 2 rings (SSSR count). The van der Waals surface area contributed by atoms with Crippen LogP contribution in [0.25, 0.3) is 0 Å². The third-order valence-corrected chi connectivity index (χ3v) is 2.41. The summed E-state index contributed by atoms with van der Waals surface area (Å²) >= 11 is 0. The fourth-order valence-electron chi connectivity index (χ4n) is 1.57. The van der Waals surface area contributed by atoms with Crippen LogP contribution in [-0.4, -0.2) is 40.8 Å². The van der Waals surface area contributed by atoms with E-state index < -0.39 is 6.10 Å². The highest BCUT2D eigenvalue weighted by molar-refractivity contribution is 6.69. The van der Waals surface area contributed by atoms with Gasteiger partial charge in [-0.1, -0.05) is 10.3 Å². The summed E-state index contributed by atoms with van der Waals surface area (Å²) in [5, 5.41) is 15.7. The van der Waals surface area contributed by atoms with E-state index in [1.54, 1.807) is 0 Å². The number of ketones is 1. The molecule has 0 saturated heterocycles. The summed E-state index contributed by atoms with van der Waals surface area (Å²) in [6.45, 7) is 2.05. The SMILES string of the molecule is CC(=O)C1CC(C2=NCC/C2=N\O)=NO1. The standard InChI is InChI=1S/C9H11N3O3/c1-5(13)8-4-7(12-15-8)9-6(11-14)2-3-10-9/h8,14H,2-4H2,1H3/b11-6+. The first-order chi connectivity index (χ1) is 7.22. The molecule has 0 radical (unpaired) electrons. The highest BCUT2D eigenvalue weighted by Crippen LogP contribution is 2.16. The van der Waals surface area contributed by atoms with E-state index in [1.807, 2.05) is 0 Å². The van der Waals surface area contributed by atoms with Crippen LogP contribution >= 0.6 is 0 Å². The molecule has 0 aromatic carbocycles. The number of hydrogen-bond donors (Lipinski definition) is 1. The fraction of sp³-hybridized carbons (Fsp3) is 0.556. The van der Waals surface area contributed by atoms with Crippen LogP contribution in [0, 0.1) is 0 Å². The van der Waals surface area contributed by atoms with Gasteiger partial charge >= 0.3 is 0 Å². The van der Waals surface area contributed by atoms with Crippen LogP contribution in [0.1, 0.15) is 19.8 Å². The van der Waals surface area contributed by atoms with E-state index in [-0.39, 0.29) is 5.78 Å². The van der Waals surface area contributed by atoms with Gasteiger partial charge in [0, 0.05) is 19.4 Å². The van der Waals surface area contributed by atoms with Gasteiger partial charge in [0.2, 0.25) is 0 Å². The van der Waals surface area contributed by atoms with Crippen molar-refractivity contribution in [2.24, 2.45) is 15.3 Å². The van der Waals surface area contributed by atoms with Crippen LogP contribution in [-0.2, 0) is 9.63 Å². The number of carbonyl (C=O) groups is 1. The number of Topliss-reactive ketones (excluding diaryl/α,β-unsaturated/α-hetero) is 1. The van der Waals surface area contributed by atoms with Crippen LogP contribution in [0.2, 0.25) is 0 Å². The first-order valence-electron chi connectivity index (χ1n) is 4.71. The van der Waals surface area contributed by atoms with Gasteiger partial charge in [0.25, 0.3) is 0 Å². The minimum Gasteiger partial charge on any atom is -0.411 e. The van der Waals surface area contributed by atoms with Crippen LogP contribution in [0.4, 0.5) is 0 Å². The molecule has 1 unspecified atom stereocenters. The highest BCUT2D eigenvalue weighted by atomic mass is 16.6. The van der Waals surface area contributed by atoms with Crippen molar-refractivity contribution in [3.05, 3.63) is 0 Å². The Hall–Kier alpha value is -1.72. The van der Waals surface area contributed by atoms with Gasteiger partial charge in [-0.25, -0.2) is 0 Å². The van der Waals surface area contributed by atoms with Gasteiger partial charge in [0.15, 0.2) is 11.9 Å². The molecule has 80 valence electrons. The van der Waals surface area contributed by atoms with Gasteiger partial charge in [-0.3, -0.25) is 9.79 Å². The molecule has 15 heavy (non-hydrogen) atoms. The van der Waals surface area contributed by atoms with E-state index >= 15 is 0 Å². The quantitative estimate of drug-likeness (QED) is 0.527. The van der Waals surface area contributed by atoms with E-state index in [0.29, 0.717) is 36.5 Å². The second-order valence-corrected chi connectivity index (χ2v) is 3.47. The van der Waals surface area contributed by atoms with E-state index in [1.165, 1.54) is 6.92 Å². The number of nitrogens with zero attached hydrogens (tertiary/aromatic N) is 3. The van der Waals surface area contributed by atoms with Crippen LogP contribution < -0.4 is 0 Å². The number of rotatable bonds is 2. The van der Waals surface area contributed by atoms with E-state index in [9.17, 15) is 4.79 Å². The lowest BCUT2D eigenvalue weighted by molar-refractivity contribution is -0.126. The van der Waals surface area contributed by atoms with Gasteiger partial charge in [-0.2, -0.15) is 0 Å². The average molecular weight is 209 g/mol. The van der Waals surface area contributed by atoms with Crippen molar-refractivity contribution in [1.82, 2.24) is 0 Å². The highest BCUT2D eigenvalue weighted by Gasteiger charge is 2.31. The predicted molar refractivity (Wildman–Crippen MR) is 53.7 cm³/mol. The van der Waals surface area contributed by atoms with Crippen molar-refractivity contribution in [2.45, 2.75) is 25.9 Å².